The summed E-state index contributed by atoms with van der Waals surface area (Å²) < 4.78 is 11.6. The molecule has 2 aromatic rings. The van der Waals surface area contributed by atoms with Crippen molar-refractivity contribution in [2.24, 2.45) is 0 Å². The standard InChI is InChI=1S/C25H30Cl2N2O3/c1-25(2,3)32-24(30)28-13-11-18-20(12-14-28)29(15-16-31-17-7-5-4-6-8-17)21-10-9-19(26)23(27)22(18)21/h4-10,18,20H,11-16H2,1-3H3. The number of carbonyl (C=O) groups excluding carboxylic acids is 1. The van der Waals surface area contributed by atoms with E-state index in [1.807, 2.05) is 62.1 Å². The average Bonchev–Trinajstić information content (AvgIpc) is 2.88. The first-order valence-electron chi connectivity index (χ1n) is 11.1. The number of rotatable bonds is 4. The smallest absolute Gasteiger partial charge is 0.410 e. The number of likely N-dealkylation sites (tertiary alicyclic amines) is 1. The highest BCUT2D eigenvalue weighted by Crippen LogP contribution is 2.50. The molecule has 2 heterocycles. The summed E-state index contributed by atoms with van der Waals surface area (Å²) >= 11 is 13.1. The normalized spacial score (nSPS) is 20.4. The highest BCUT2D eigenvalue weighted by molar-refractivity contribution is 6.42. The molecule has 0 aliphatic carbocycles. The number of halogens is 2. The molecule has 1 fully saturated rings. The zero-order chi connectivity index (χ0) is 22.9. The Labute approximate surface area is 200 Å². The van der Waals surface area contributed by atoms with Crippen LogP contribution in [-0.2, 0) is 4.74 Å². The highest BCUT2D eigenvalue weighted by atomic mass is 35.5. The minimum absolute atomic E-state index is 0.209. The molecule has 0 aromatic heterocycles. The molecule has 0 radical (unpaired) electrons. The largest absolute Gasteiger partial charge is 0.492 e. The van der Waals surface area contributed by atoms with E-state index in [0.29, 0.717) is 29.7 Å². The SMILES string of the molecule is CC(C)(C)OC(=O)N1CCC2c3c(ccc(Cl)c3Cl)N(CCOc3ccccc3)C2CC1. The maximum atomic E-state index is 12.7. The molecular formula is C25H30Cl2N2O3. The third-order valence-electron chi connectivity index (χ3n) is 6.06. The number of carbonyl (C=O) groups is 1. The molecule has 32 heavy (non-hydrogen) atoms. The van der Waals surface area contributed by atoms with Crippen molar-refractivity contribution >= 4 is 35.0 Å². The van der Waals surface area contributed by atoms with Crippen molar-refractivity contribution in [2.75, 3.05) is 31.1 Å². The van der Waals surface area contributed by atoms with E-state index >= 15 is 0 Å². The summed E-state index contributed by atoms with van der Waals surface area (Å²) in [4.78, 5) is 16.9. The van der Waals surface area contributed by atoms with Crippen LogP contribution in [0.1, 0.15) is 45.1 Å². The van der Waals surface area contributed by atoms with Crippen molar-refractivity contribution in [2.45, 2.75) is 51.2 Å². The Morgan fingerprint density at radius 1 is 1.06 bits per heavy atom. The van der Waals surface area contributed by atoms with Gasteiger partial charge in [-0.25, -0.2) is 4.79 Å². The van der Waals surface area contributed by atoms with Crippen LogP contribution in [-0.4, -0.2) is 48.9 Å². The number of fused-ring (bicyclic) bond motifs is 3. The first-order valence-corrected chi connectivity index (χ1v) is 11.9. The van der Waals surface area contributed by atoms with E-state index in [-0.39, 0.29) is 18.1 Å². The number of nitrogens with zero attached hydrogens (tertiary/aromatic N) is 2. The van der Waals surface area contributed by atoms with E-state index in [4.69, 9.17) is 32.7 Å². The fraction of sp³-hybridized carbons (Fsp3) is 0.480. The highest BCUT2D eigenvalue weighted by Gasteiger charge is 2.42. The fourth-order valence-corrected chi connectivity index (χ4v) is 5.17. The molecule has 1 amide bonds. The van der Waals surface area contributed by atoms with Gasteiger partial charge < -0.3 is 19.3 Å². The Kier molecular flexibility index (Phi) is 6.78. The molecule has 0 spiro atoms. The lowest BCUT2D eigenvalue weighted by atomic mass is 9.91. The molecule has 4 rings (SSSR count). The number of anilines is 1. The van der Waals surface area contributed by atoms with Crippen LogP contribution >= 0.6 is 23.2 Å². The number of amides is 1. The Bertz CT molecular complexity index is 962. The van der Waals surface area contributed by atoms with Gasteiger partial charge in [-0.15, -0.1) is 0 Å². The third-order valence-corrected chi connectivity index (χ3v) is 6.87. The second kappa shape index (κ2) is 9.40. The number of benzene rings is 2. The van der Waals surface area contributed by atoms with Gasteiger partial charge in [-0.2, -0.15) is 0 Å². The lowest BCUT2D eigenvalue weighted by molar-refractivity contribution is 0.0255. The van der Waals surface area contributed by atoms with E-state index in [1.54, 1.807) is 0 Å². The monoisotopic (exact) mass is 476 g/mol. The fourth-order valence-electron chi connectivity index (χ4n) is 4.71. The lowest BCUT2D eigenvalue weighted by Crippen LogP contribution is -2.39. The molecule has 5 nitrogen and oxygen atoms in total. The predicted octanol–water partition coefficient (Wildman–Crippen LogP) is 6.38. The van der Waals surface area contributed by atoms with Crippen LogP contribution in [0.2, 0.25) is 10.0 Å². The molecule has 172 valence electrons. The van der Waals surface area contributed by atoms with E-state index in [2.05, 4.69) is 11.0 Å². The van der Waals surface area contributed by atoms with Gasteiger partial charge in [-0.05, 0) is 57.9 Å². The minimum Gasteiger partial charge on any atom is -0.492 e. The Morgan fingerprint density at radius 2 is 1.78 bits per heavy atom. The Hall–Kier alpha value is -2.11. The molecule has 1 saturated heterocycles. The van der Waals surface area contributed by atoms with Crippen molar-refractivity contribution in [3.63, 3.8) is 0 Å². The lowest BCUT2D eigenvalue weighted by Gasteiger charge is -2.30. The number of hydrogen-bond acceptors (Lipinski definition) is 4. The summed E-state index contributed by atoms with van der Waals surface area (Å²) in [6.45, 7) is 8.24. The molecule has 0 N–H and O–H groups in total. The Balaban J connectivity index is 1.53. The van der Waals surface area contributed by atoms with Crippen molar-refractivity contribution < 1.29 is 14.3 Å². The average molecular weight is 477 g/mol. The predicted molar refractivity (Wildman–Crippen MR) is 129 cm³/mol. The van der Waals surface area contributed by atoms with Crippen molar-refractivity contribution in [1.29, 1.82) is 0 Å². The van der Waals surface area contributed by atoms with Crippen LogP contribution in [0.4, 0.5) is 10.5 Å². The van der Waals surface area contributed by atoms with Crippen LogP contribution in [0.3, 0.4) is 0 Å². The first kappa shape index (κ1) is 23.1. The second-order valence-electron chi connectivity index (χ2n) is 9.37. The maximum Gasteiger partial charge on any atom is 0.410 e. The van der Waals surface area contributed by atoms with Gasteiger partial charge in [0, 0.05) is 36.3 Å². The van der Waals surface area contributed by atoms with E-state index in [0.717, 1.165) is 36.4 Å². The summed E-state index contributed by atoms with van der Waals surface area (Å²) in [5.74, 6) is 1.06. The van der Waals surface area contributed by atoms with Gasteiger partial charge >= 0.3 is 6.09 Å². The molecule has 2 aliphatic heterocycles. The Morgan fingerprint density at radius 3 is 2.50 bits per heavy atom. The first-order chi connectivity index (χ1) is 15.2. The van der Waals surface area contributed by atoms with Crippen molar-refractivity contribution in [3.05, 3.63) is 58.1 Å². The van der Waals surface area contributed by atoms with E-state index < -0.39 is 5.60 Å². The van der Waals surface area contributed by atoms with Crippen LogP contribution in [0.15, 0.2) is 42.5 Å². The zero-order valence-corrected chi connectivity index (χ0v) is 20.3. The molecule has 2 unspecified atom stereocenters. The molecule has 2 aliphatic rings. The number of hydrogen-bond donors (Lipinski definition) is 0. The van der Waals surface area contributed by atoms with Gasteiger partial charge in [0.05, 0.1) is 16.6 Å². The molecule has 0 bridgehead atoms. The maximum absolute atomic E-state index is 12.7. The molecule has 2 atom stereocenters. The number of ether oxygens (including phenoxy) is 2. The van der Waals surface area contributed by atoms with Crippen LogP contribution in [0, 0.1) is 0 Å². The van der Waals surface area contributed by atoms with Gasteiger partial charge in [0.2, 0.25) is 0 Å². The van der Waals surface area contributed by atoms with Crippen LogP contribution < -0.4 is 9.64 Å². The summed E-state index contributed by atoms with van der Waals surface area (Å²) in [5.41, 5.74) is 1.70. The van der Waals surface area contributed by atoms with E-state index in [1.165, 1.54) is 0 Å². The van der Waals surface area contributed by atoms with Gasteiger partial charge in [-0.3, -0.25) is 0 Å². The zero-order valence-electron chi connectivity index (χ0n) is 18.8. The molecule has 0 saturated carbocycles. The summed E-state index contributed by atoms with van der Waals surface area (Å²) in [7, 11) is 0. The van der Waals surface area contributed by atoms with Gasteiger partial charge in [0.1, 0.15) is 18.0 Å². The minimum atomic E-state index is -0.510. The van der Waals surface area contributed by atoms with E-state index in [9.17, 15) is 4.79 Å². The van der Waals surface area contributed by atoms with Crippen LogP contribution in [0.25, 0.3) is 0 Å². The van der Waals surface area contributed by atoms with Crippen LogP contribution in [0.5, 0.6) is 5.75 Å². The molecular weight excluding hydrogens is 447 g/mol. The molecule has 2 aromatic carbocycles. The summed E-state index contributed by atoms with van der Waals surface area (Å²) in [6.07, 6.45) is 1.39. The molecule has 7 heteroatoms. The van der Waals surface area contributed by atoms with Crippen molar-refractivity contribution in [1.82, 2.24) is 4.90 Å². The number of para-hydroxylation sites is 1. The van der Waals surface area contributed by atoms with Gasteiger partial charge in [0.25, 0.3) is 0 Å². The topological polar surface area (TPSA) is 42.0 Å². The van der Waals surface area contributed by atoms with Gasteiger partial charge in [-0.1, -0.05) is 41.4 Å². The second-order valence-corrected chi connectivity index (χ2v) is 10.2. The summed E-state index contributed by atoms with van der Waals surface area (Å²) in [6, 6.07) is 14.0. The summed E-state index contributed by atoms with van der Waals surface area (Å²) in [5, 5.41) is 1.19. The third kappa shape index (κ3) is 4.94. The van der Waals surface area contributed by atoms with Crippen molar-refractivity contribution in [3.8, 4) is 5.75 Å². The van der Waals surface area contributed by atoms with Gasteiger partial charge in [0.15, 0.2) is 0 Å². The quantitative estimate of drug-likeness (QED) is 0.513.